The molecule has 156 valence electrons. The predicted molar refractivity (Wildman–Crippen MR) is 123 cm³/mol. The molecular formula is C26H24N2O3. The molecule has 1 amide bonds. The summed E-state index contributed by atoms with van der Waals surface area (Å²) in [6, 6.07) is 22.7. The van der Waals surface area contributed by atoms with Gasteiger partial charge in [0.1, 0.15) is 12.3 Å². The van der Waals surface area contributed by atoms with Crippen LogP contribution in [0.3, 0.4) is 0 Å². The van der Waals surface area contributed by atoms with Gasteiger partial charge in [0.25, 0.3) is 0 Å². The number of benzene rings is 3. The smallest absolute Gasteiger partial charge is 0.244 e. The lowest BCUT2D eigenvalue weighted by atomic mass is 10.1. The quantitative estimate of drug-likeness (QED) is 0.427. The molecule has 0 spiro atoms. The normalized spacial score (nSPS) is 10.8. The second-order valence-corrected chi connectivity index (χ2v) is 7.53. The number of Topliss-reactive ketones (excluding diaryl/α,β-unsaturated/α-hetero) is 1. The summed E-state index contributed by atoms with van der Waals surface area (Å²) in [6.45, 7) is 3.99. The lowest BCUT2D eigenvalue weighted by Gasteiger charge is -2.12. The Morgan fingerprint density at radius 2 is 1.55 bits per heavy atom. The molecule has 3 aromatic carbocycles. The van der Waals surface area contributed by atoms with Crippen molar-refractivity contribution in [2.45, 2.75) is 20.4 Å². The number of aryl methyl sites for hydroxylation is 2. The highest BCUT2D eigenvalue weighted by molar-refractivity contribution is 6.09. The van der Waals surface area contributed by atoms with E-state index in [2.05, 4.69) is 5.32 Å². The SMILES string of the molecule is Cc1cccc(C)c1NC(=O)Cn1cc(C(=O)COc2ccccc2)c2ccccc21. The molecule has 31 heavy (non-hydrogen) atoms. The molecule has 0 atom stereocenters. The molecule has 0 saturated heterocycles. The summed E-state index contributed by atoms with van der Waals surface area (Å²) >= 11 is 0. The number of rotatable bonds is 7. The van der Waals surface area contributed by atoms with Gasteiger partial charge < -0.3 is 14.6 Å². The first-order valence-corrected chi connectivity index (χ1v) is 10.2. The Hall–Kier alpha value is -3.86. The standard InChI is InChI=1S/C26H24N2O3/c1-18-9-8-10-19(2)26(18)27-25(30)16-28-15-22(21-13-6-7-14-23(21)28)24(29)17-31-20-11-4-3-5-12-20/h3-15H,16-17H2,1-2H3,(H,27,30). The Morgan fingerprint density at radius 3 is 2.29 bits per heavy atom. The first kappa shape index (κ1) is 20.4. The van der Waals surface area contributed by atoms with Crippen LogP contribution in [0.25, 0.3) is 10.9 Å². The molecule has 0 fully saturated rings. The second-order valence-electron chi connectivity index (χ2n) is 7.53. The number of aromatic nitrogens is 1. The molecule has 5 nitrogen and oxygen atoms in total. The summed E-state index contributed by atoms with van der Waals surface area (Å²) in [5, 5.41) is 3.82. The van der Waals surface area contributed by atoms with Gasteiger partial charge in [-0.2, -0.15) is 0 Å². The van der Waals surface area contributed by atoms with E-state index < -0.39 is 0 Å². The highest BCUT2D eigenvalue weighted by Crippen LogP contribution is 2.23. The van der Waals surface area contributed by atoms with E-state index in [1.54, 1.807) is 6.20 Å². The molecule has 4 aromatic rings. The maximum absolute atomic E-state index is 12.9. The Morgan fingerprint density at radius 1 is 0.871 bits per heavy atom. The highest BCUT2D eigenvalue weighted by Gasteiger charge is 2.17. The molecule has 4 rings (SSSR count). The first-order valence-electron chi connectivity index (χ1n) is 10.2. The maximum Gasteiger partial charge on any atom is 0.244 e. The van der Waals surface area contributed by atoms with Crippen molar-refractivity contribution in [2.75, 3.05) is 11.9 Å². The summed E-state index contributed by atoms with van der Waals surface area (Å²) in [7, 11) is 0. The van der Waals surface area contributed by atoms with Gasteiger partial charge in [-0.3, -0.25) is 9.59 Å². The molecule has 0 aliphatic carbocycles. The van der Waals surface area contributed by atoms with E-state index >= 15 is 0 Å². The van der Waals surface area contributed by atoms with Crippen LogP contribution in [-0.4, -0.2) is 22.9 Å². The third kappa shape index (κ3) is 4.51. The fraction of sp³-hybridized carbons (Fsp3) is 0.154. The van der Waals surface area contributed by atoms with Crippen LogP contribution >= 0.6 is 0 Å². The number of amides is 1. The lowest BCUT2D eigenvalue weighted by molar-refractivity contribution is -0.116. The average molecular weight is 412 g/mol. The zero-order valence-corrected chi connectivity index (χ0v) is 17.6. The van der Waals surface area contributed by atoms with Crippen LogP contribution in [0.1, 0.15) is 21.5 Å². The molecule has 0 aliphatic heterocycles. The lowest BCUT2D eigenvalue weighted by Crippen LogP contribution is -2.19. The van der Waals surface area contributed by atoms with Gasteiger partial charge in [0.2, 0.25) is 11.7 Å². The van der Waals surface area contributed by atoms with Crippen molar-refractivity contribution in [3.05, 3.63) is 95.7 Å². The predicted octanol–water partition coefficient (Wildman–Crippen LogP) is 5.16. The van der Waals surface area contributed by atoms with Crippen molar-refractivity contribution in [3.63, 3.8) is 0 Å². The third-order valence-corrected chi connectivity index (χ3v) is 5.26. The fourth-order valence-electron chi connectivity index (χ4n) is 3.69. The zero-order valence-electron chi connectivity index (χ0n) is 17.6. The molecule has 5 heteroatoms. The summed E-state index contributed by atoms with van der Waals surface area (Å²) in [6.07, 6.45) is 1.74. The molecule has 0 unspecified atom stereocenters. The number of ether oxygens (including phenoxy) is 1. The van der Waals surface area contributed by atoms with E-state index in [4.69, 9.17) is 4.74 Å². The molecule has 0 aliphatic rings. The van der Waals surface area contributed by atoms with E-state index in [0.717, 1.165) is 27.7 Å². The van der Waals surface area contributed by atoms with Gasteiger partial charge >= 0.3 is 0 Å². The number of hydrogen-bond donors (Lipinski definition) is 1. The van der Waals surface area contributed by atoms with Crippen LogP contribution in [0, 0.1) is 13.8 Å². The van der Waals surface area contributed by atoms with Crippen LogP contribution in [-0.2, 0) is 11.3 Å². The Labute approximate surface area is 181 Å². The molecular weight excluding hydrogens is 388 g/mol. The van der Waals surface area contributed by atoms with Gasteiger partial charge in [0, 0.05) is 28.4 Å². The maximum atomic E-state index is 12.9. The van der Waals surface area contributed by atoms with Crippen molar-refractivity contribution in [3.8, 4) is 5.75 Å². The summed E-state index contributed by atoms with van der Waals surface area (Å²) < 4.78 is 7.44. The van der Waals surface area contributed by atoms with Crippen LogP contribution < -0.4 is 10.1 Å². The Balaban J connectivity index is 1.55. The van der Waals surface area contributed by atoms with Crippen LogP contribution in [0.15, 0.2) is 79.0 Å². The first-order chi connectivity index (χ1) is 15.0. The number of ketones is 1. The summed E-state index contributed by atoms with van der Waals surface area (Å²) in [5.74, 6) is 0.374. The summed E-state index contributed by atoms with van der Waals surface area (Å²) in [5.41, 5.74) is 4.24. The number of carbonyl (C=O) groups excluding carboxylic acids is 2. The molecule has 0 bridgehead atoms. The summed E-state index contributed by atoms with van der Waals surface area (Å²) in [4.78, 5) is 25.7. The van der Waals surface area contributed by atoms with Gasteiger partial charge in [-0.25, -0.2) is 0 Å². The minimum atomic E-state index is -0.141. The number of carbonyl (C=O) groups is 2. The third-order valence-electron chi connectivity index (χ3n) is 5.26. The molecule has 1 heterocycles. The number of anilines is 1. The fourth-order valence-corrected chi connectivity index (χ4v) is 3.69. The van der Waals surface area contributed by atoms with E-state index in [-0.39, 0.29) is 24.8 Å². The Bertz CT molecular complexity index is 1220. The van der Waals surface area contributed by atoms with Gasteiger partial charge in [-0.05, 0) is 43.2 Å². The van der Waals surface area contributed by atoms with E-state index in [9.17, 15) is 9.59 Å². The number of nitrogens with zero attached hydrogens (tertiary/aromatic N) is 1. The molecule has 1 aromatic heterocycles. The minimum Gasteiger partial charge on any atom is -0.485 e. The van der Waals surface area contributed by atoms with Gasteiger partial charge in [-0.1, -0.05) is 54.6 Å². The largest absolute Gasteiger partial charge is 0.485 e. The van der Waals surface area contributed by atoms with E-state index in [0.29, 0.717) is 11.3 Å². The van der Waals surface area contributed by atoms with Crippen molar-refractivity contribution in [1.82, 2.24) is 4.57 Å². The second kappa shape index (κ2) is 8.88. The van der Waals surface area contributed by atoms with Crippen molar-refractivity contribution in [2.24, 2.45) is 0 Å². The van der Waals surface area contributed by atoms with Gasteiger partial charge in [0.05, 0.1) is 0 Å². The molecule has 0 saturated carbocycles. The topological polar surface area (TPSA) is 60.3 Å². The molecule has 1 N–H and O–H groups in total. The average Bonchev–Trinajstić information content (AvgIpc) is 3.14. The monoisotopic (exact) mass is 412 g/mol. The van der Waals surface area contributed by atoms with Crippen molar-refractivity contribution >= 4 is 28.3 Å². The van der Waals surface area contributed by atoms with Crippen LogP contribution in [0.4, 0.5) is 5.69 Å². The van der Waals surface area contributed by atoms with E-state index in [1.165, 1.54) is 0 Å². The van der Waals surface area contributed by atoms with Crippen LogP contribution in [0.2, 0.25) is 0 Å². The van der Waals surface area contributed by atoms with Gasteiger partial charge in [-0.15, -0.1) is 0 Å². The van der Waals surface area contributed by atoms with Gasteiger partial charge in [0.15, 0.2) is 6.61 Å². The number of hydrogen-bond acceptors (Lipinski definition) is 3. The molecule has 0 radical (unpaired) electrons. The number of fused-ring (bicyclic) bond motifs is 1. The minimum absolute atomic E-state index is 0.0629. The zero-order chi connectivity index (χ0) is 21.8. The Kier molecular flexibility index (Phi) is 5.85. The number of para-hydroxylation sites is 3. The highest BCUT2D eigenvalue weighted by atomic mass is 16.5. The van der Waals surface area contributed by atoms with Crippen LogP contribution in [0.5, 0.6) is 5.75 Å². The van der Waals surface area contributed by atoms with Crippen molar-refractivity contribution < 1.29 is 14.3 Å². The van der Waals surface area contributed by atoms with E-state index in [1.807, 2.05) is 91.2 Å². The van der Waals surface area contributed by atoms with Crippen molar-refractivity contribution in [1.29, 1.82) is 0 Å². The number of nitrogens with one attached hydrogen (secondary N) is 1.